The van der Waals surface area contributed by atoms with E-state index >= 15 is 0 Å². The molecule has 158 valence electrons. The summed E-state index contributed by atoms with van der Waals surface area (Å²) in [7, 11) is 0. The largest absolute Gasteiger partial charge is 0.490 e. The minimum Gasteiger partial charge on any atom is -0.475 e. The number of carbonyl (C=O) groups is 2. The topological polar surface area (TPSA) is 70.5 Å². The van der Waals surface area contributed by atoms with E-state index < -0.39 is 12.1 Å². The summed E-state index contributed by atoms with van der Waals surface area (Å²) in [5.74, 6) is 3.15. The van der Waals surface area contributed by atoms with E-state index in [2.05, 4.69) is 16.8 Å². The van der Waals surface area contributed by atoms with Gasteiger partial charge in [0.2, 0.25) is 5.91 Å². The molecule has 0 spiro atoms. The molecular weight excluding hydrogens is 404 g/mol. The number of carboxylic acids is 1. The average Bonchev–Trinajstić information content (AvgIpc) is 2.70. The van der Waals surface area contributed by atoms with Gasteiger partial charge in [-0.3, -0.25) is 9.78 Å². The van der Waals surface area contributed by atoms with Gasteiger partial charge in [-0.15, -0.1) is 0 Å². The van der Waals surface area contributed by atoms with Gasteiger partial charge < -0.3 is 10.0 Å². The van der Waals surface area contributed by atoms with Gasteiger partial charge in [0.05, 0.1) is 12.2 Å². The molecule has 2 heterocycles. The van der Waals surface area contributed by atoms with Crippen molar-refractivity contribution in [2.75, 3.05) is 13.1 Å². The van der Waals surface area contributed by atoms with Crippen molar-refractivity contribution in [3.63, 3.8) is 0 Å². The predicted molar refractivity (Wildman–Crippen MR) is 101 cm³/mol. The van der Waals surface area contributed by atoms with Crippen molar-refractivity contribution in [3.8, 4) is 23.1 Å². The predicted octanol–water partition coefficient (Wildman–Crippen LogP) is 3.89. The van der Waals surface area contributed by atoms with Crippen LogP contribution in [0, 0.1) is 17.7 Å². The number of hydrogen-bond acceptors (Lipinski definition) is 3. The monoisotopic (exact) mass is 422 g/mol. The van der Waals surface area contributed by atoms with Crippen LogP contribution in [0.25, 0.3) is 11.3 Å². The third-order valence-corrected chi connectivity index (χ3v) is 4.08. The molecule has 1 aliphatic rings. The summed E-state index contributed by atoms with van der Waals surface area (Å²) in [6, 6.07) is 10.1. The van der Waals surface area contributed by atoms with E-state index in [4.69, 9.17) is 9.90 Å². The van der Waals surface area contributed by atoms with Crippen LogP contribution in [0.1, 0.15) is 24.8 Å². The van der Waals surface area contributed by atoms with Gasteiger partial charge in [0.1, 0.15) is 5.82 Å². The summed E-state index contributed by atoms with van der Waals surface area (Å²) in [5, 5.41) is 7.12. The SMILES string of the molecule is O=C(O)C(F)(F)F.O=C1CCCCN1CC#Cc1ccc(-c2ccccc2F)nc1. The van der Waals surface area contributed by atoms with Crippen molar-refractivity contribution >= 4 is 11.9 Å². The Morgan fingerprint density at radius 1 is 1.17 bits per heavy atom. The Hall–Kier alpha value is -3.41. The van der Waals surface area contributed by atoms with Crippen molar-refractivity contribution in [2.24, 2.45) is 0 Å². The van der Waals surface area contributed by atoms with E-state index in [1.165, 1.54) is 6.07 Å². The smallest absolute Gasteiger partial charge is 0.475 e. The van der Waals surface area contributed by atoms with E-state index in [1.54, 1.807) is 35.4 Å². The molecule has 0 bridgehead atoms. The second-order valence-electron chi connectivity index (χ2n) is 6.29. The minimum atomic E-state index is -5.08. The van der Waals surface area contributed by atoms with Crippen LogP contribution in [-0.2, 0) is 9.59 Å². The quantitative estimate of drug-likeness (QED) is 0.589. The number of carboxylic acid groups (broad SMARTS) is 1. The molecule has 1 fully saturated rings. The Labute approximate surface area is 170 Å². The molecule has 1 saturated heterocycles. The summed E-state index contributed by atoms with van der Waals surface area (Å²) in [4.78, 5) is 26.6. The first kappa shape index (κ1) is 22.9. The van der Waals surface area contributed by atoms with E-state index in [-0.39, 0.29) is 11.7 Å². The zero-order valence-corrected chi connectivity index (χ0v) is 15.7. The number of likely N-dealkylation sites (tertiary alicyclic amines) is 1. The number of aliphatic carboxylic acids is 1. The fourth-order valence-corrected chi connectivity index (χ4v) is 2.56. The molecule has 1 aromatic heterocycles. The maximum absolute atomic E-state index is 13.7. The number of alkyl halides is 3. The third-order valence-electron chi connectivity index (χ3n) is 4.08. The second-order valence-corrected chi connectivity index (χ2v) is 6.29. The lowest BCUT2D eigenvalue weighted by Crippen LogP contribution is -2.35. The van der Waals surface area contributed by atoms with Crippen LogP contribution in [0.2, 0.25) is 0 Å². The molecule has 0 radical (unpaired) electrons. The van der Waals surface area contributed by atoms with E-state index in [9.17, 15) is 22.4 Å². The number of benzene rings is 1. The van der Waals surface area contributed by atoms with Crippen molar-refractivity contribution in [3.05, 3.63) is 54.0 Å². The highest BCUT2D eigenvalue weighted by Gasteiger charge is 2.38. The molecule has 1 aliphatic heterocycles. The molecule has 0 unspecified atom stereocenters. The van der Waals surface area contributed by atoms with Gasteiger partial charge in [-0.1, -0.05) is 24.0 Å². The standard InChI is InChI=1S/C19H17FN2O.C2HF3O2/c20-17-8-2-1-7-16(17)18-11-10-15(14-21-18)6-5-13-22-12-4-3-9-19(22)23;3-2(4,5)1(6)7/h1-2,7-8,10-11,14H,3-4,9,12-13H2;(H,6,7). The van der Waals surface area contributed by atoms with Gasteiger partial charge in [0.25, 0.3) is 0 Å². The number of halogens is 4. The zero-order valence-electron chi connectivity index (χ0n) is 15.7. The van der Waals surface area contributed by atoms with Crippen molar-refractivity contribution in [2.45, 2.75) is 25.4 Å². The Morgan fingerprint density at radius 2 is 1.87 bits per heavy atom. The van der Waals surface area contributed by atoms with E-state index in [0.717, 1.165) is 24.9 Å². The normalized spacial score (nSPS) is 13.6. The van der Waals surface area contributed by atoms with E-state index in [1.807, 2.05) is 6.07 Å². The molecule has 2 aromatic rings. The molecule has 9 heteroatoms. The van der Waals surface area contributed by atoms with Crippen LogP contribution in [-0.4, -0.2) is 46.1 Å². The van der Waals surface area contributed by atoms with Gasteiger partial charge in [0, 0.05) is 30.3 Å². The first-order valence-corrected chi connectivity index (χ1v) is 8.96. The van der Waals surface area contributed by atoms with Gasteiger partial charge in [-0.2, -0.15) is 13.2 Å². The Bertz CT molecular complexity index is 947. The molecule has 0 atom stereocenters. The summed E-state index contributed by atoms with van der Waals surface area (Å²) >= 11 is 0. The van der Waals surface area contributed by atoms with Crippen LogP contribution in [0.5, 0.6) is 0 Å². The maximum Gasteiger partial charge on any atom is 0.490 e. The molecule has 0 saturated carbocycles. The fraction of sp³-hybridized carbons (Fsp3) is 0.286. The lowest BCUT2D eigenvalue weighted by Gasteiger charge is -2.24. The van der Waals surface area contributed by atoms with Crippen molar-refractivity contribution in [1.29, 1.82) is 0 Å². The molecule has 3 rings (SSSR count). The summed E-state index contributed by atoms with van der Waals surface area (Å²) in [6.07, 6.45) is -0.802. The molecule has 5 nitrogen and oxygen atoms in total. The maximum atomic E-state index is 13.7. The Kier molecular flexibility index (Phi) is 7.92. The number of pyridine rings is 1. The van der Waals surface area contributed by atoms with Crippen LogP contribution < -0.4 is 0 Å². The number of aromatic nitrogens is 1. The zero-order chi connectivity index (χ0) is 22.1. The van der Waals surface area contributed by atoms with Crippen LogP contribution in [0.4, 0.5) is 17.6 Å². The highest BCUT2D eigenvalue weighted by Crippen LogP contribution is 2.20. The molecular formula is C21H18F4N2O3. The number of piperidine rings is 1. The highest BCUT2D eigenvalue weighted by molar-refractivity contribution is 5.77. The van der Waals surface area contributed by atoms with Gasteiger partial charge in [0.15, 0.2) is 0 Å². The Morgan fingerprint density at radius 3 is 2.43 bits per heavy atom. The van der Waals surface area contributed by atoms with Crippen LogP contribution >= 0.6 is 0 Å². The first-order valence-electron chi connectivity index (χ1n) is 8.96. The van der Waals surface area contributed by atoms with Gasteiger partial charge >= 0.3 is 12.1 Å². The molecule has 0 aliphatic carbocycles. The van der Waals surface area contributed by atoms with Crippen LogP contribution in [0.3, 0.4) is 0 Å². The molecule has 1 aromatic carbocycles. The Balaban J connectivity index is 0.000000396. The lowest BCUT2D eigenvalue weighted by molar-refractivity contribution is -0.192. The van der Waals surface area contributed by atoms with E-state index in [0.29, 0.717) is 24.2 Å². The average molecular weight is 422 g/mol. The van der Waals surface area contributed by atoms with Crippen molar-refractivity contribution in [1.82, 2.24) is 9.88 Å². The first-order chi connectivity index (χ1) is 14.2. The summed E-state index contributed by atoms with van der Waals surface area (Å²) in [5.41, 5.74) is 1.82. The number of amides is 1. The lowest BCUT2D eigenvalue weighted by atomic mass is 10.1. The van der Waals surface area contributed by atoms with Gasteiger partial charge in [-0.05, 0) is 37.1 Å². The number of carbonyl (C=O) groups excluding carboxylic acids is 1. The minimum absolute atomic E-state index is 0.179. The molecule has 1 N–H and O–H groups in total. The molecule has 30 heavy (non-hydrogen) atoms. The summed E-state index contributed by atoms with van der Waals surface area (Å²) < 4.78 is 45.5. The number of nitrogens with zero attached hydrogens (tertiary/aromatic N) is 2. The number of rotatable bonds is 2. The molecule has 1 amide bonds. The van der Waals surface area contributed by atoms with Crippen LogP contribution in [0.15, 0.2) is 42.6 Å². The fourth-order valence-electron chi connectivity index (χ4n) is 2.56. The highest BCUT2D eigenvalue weighted by atomic mass is 19.4. The summed E-state index contributed by atoms with van der Waals surface area (Å²) in [6.45, 7) is 1.24. The third kappa shape index (κ3) is 6.88. The van der Waals surface area contributed by atoms with Gasteiger partial charge in [-0.25, -0.2) is 9.18 Å². The van der Waals surface area contributed by atoms with Crippen molar-refractivity contribution < 1.29 is 32.3 Å². The number of hydrogen-bond donors (Lipinski definition) is 1. The second kappa shape index (κ2) is 10.4.